The minimum absolute atomic E-state index is 0.212. The average Bonchev–Trinajstić information content (AvgIpc) is 2.81. The third-order valence-electron chi connectivity index (χ3n) is 2.63. The quantitative estimate of drug-likeness (QED) is 0.887. The van der Waals surface area contributed by atoms with Crippen LogP contribution in [0.2, 0.25) is 5.02 Å². The van der Waals surface area contributed by atoms with Gasteiger partial charge in [0, 0.05) is 12.6 Å². The molecule has 0 spiro atoms. The largest absolute Gasteiger partial charge is 0.482 e. The second kappa shape index (κ2) is 6.72. The number of nitrogens with zero attached hydrogens (tertiary/aromatic N) is 2. The van der Waals surface area contributed by atoms with Crippen molar-refractivity contribution >= 4 is 11.6 Å². The molecule has 2 rings (SSSR count). The van der Waals surface area contributed by atoms with Crippen LogP contribution in [0.4, 0.5) is 0 Å². The normalized spacial score (nSPS) is 11.1. The second-order valence-electron chi connectivity index (χ2n) is 4.82. The van der Waals surface area contributed by atoms with Crippen molar-refractivity contribution in [1.29, 1.82) is 0 Å². The molecule has 108 valence electrons. The van der Waals surface area contributed by atoms with Crippen molar-refractivity contribution in [2.45, 2.75) is 40.0 Å². The first-order chi connectivity index (χ1) is 9.54. The lowest BCUT2D eigenvalue weighted by Gasteiger charge is -2.10. The monoisotopic (exact) mass is 295 g/mol. The highest BCUT2D eigenvalue weighted by atomic mass is 35.5. The summed E-state index contributed by atoms with van der Waals surface area (Å²) in [4.78, 5) is 4.07. The standard InChI is InChI=1S/C14H18ClN3O2/c1-9(2)16-7-11-4-5-13(12(15)6-11)19-8-14-17-10(3)18-20-14/h4-6,9,16H,7-8H2,1-3H3. The molecule has 1 aromatic carbocycles. The molecule has 0 aliphatic heterocycles. The van der Waals surface area contributed by atoms with E-state index in [0.29, 0.717) is 28.5 Å². The van der Waals surface area contributed by atoms with E-state index >= 15 is 0 Å². The van der Waals surface area contributed by atoms with Crippen molar-refractivity contribution < 1.29 is 9.26 Å². The Hall–Kier alpha value is -1.59. The summed E-state index contributed by atoms with van der Waals surface area (Å²) in [5, 5.41) is 7.61. The van der Waals surface area contributed by atoms with Crippen molar-refractivity contribution in [3.63, 3.8) is 0 Å². The molecule has 6 heteroatoms. The van der Waals surface area contributed by atoms with Crippen LogP contribution in [0.3, 0.4) is 0 Å². The van der Waals surface area contributed by atoms with Crippen LogP contribution in [0.1, 0.15) is 31.1 Å². The zero-order valence-corrected chi connectivity index (χ0v) is 12.6. The van der Waals surface area contributed by atoms with Crippen LogP contribution in [0.5, 0.6) is 5.75 Å². The molecular formula is C14H18ClN3O2. The summed E-state index contributed by atoms with van der Waals surface area (Å²) in [7, 11) is 0. The fraction of sp³-hybridized carbons (Fsp3) is 0.429. The van der Waals surface area contributed by atoms with Gasteiger partial charge >= 0.3 is 0 Å². The van der Waals surface area contributed by atoms with Gasteiger partial charge < -0.3 is 14.6 Å². The third-order valence-corrected chi connectivity index (χ3v) is 2.93. The molecule has 0 radical (unpaired) electrons. The van der Waals surface area contributed by atoms with Gasteiger partial charge in [0.2, 0.25) is 0 Å². The Labute approximate surface area is 123 Å². The first-order valence-corrected chi connectivity index (χ1v) is 6.86. The summed E-state index contributed by atoms with van der Waals surface area (Å²) in [6, 6.07) is 6.16. The van der Waals surface area contributed by atoms with Crippen molar-refractivity contribution in [3.8, 4) is 5.75 Å². The molecule has 0 atom stereocenters. The number of halogens is 1. The van der Waals surface area contributed by atoms with Crippen LogP contribution in [0.25, 0.3) is 0 Å². The Morgan fingerprint density at radius 3 is 2.80 bits per heavy atom. The fourth-order valence-corrected chi connectivity index (χ4v) is 1.89. The minimum Gasteiger partial charge on any atom is -0.482 e. The second-order valence-corrected chi connectivity index (χ2v) is 5.23. The van der Waals surface area contributed by atoms with Gasteiger partial charge in [-0.1, -0.05) is 36.7 Å². The molecule has 0 aliphatic carbocycles. The van der Waals surface area contributed by atoms with Gasteiger partial charge in [-0.05, 0) is 24.6 Å². The molecule has 0 saturated carbocycles. The topological polar surface area (TPSA) is 60.2 Å². The van der Waals surface area contributed by atoms with Crippen molar-refractivity contribution in [1.82, 2.24) is 15.5 Å². The summed E-state index contributed by atoms with van der Waals surface area (Å²) in [5.41, 5.74) is 1.12. The maximum atomic E-state index is 6.20. The lowest BCUT2D eigenvalue weighted by molar-refractivity contribution is 0.242. The molecule has 1 aromatic heterocycles. The van der Waals surface area contributed by atoms with E-state index in [-0.39, 0.29) is 6.61 Å². The van der Waals surface area contributed by atoms with Gasteiger partial charge in [-0.25, -0.2) is 0 Å². The van der Waals surface area contributed by atoms with Gasteiger partial charge in [0.15, 0.2) is 12.4 Å². The molecule has 1 N–H and O–H groups in total. The molecular weight excluding hydrogens is 278 g/mol. The number of aromatic nitrogens is 2. The SMILES string of the molecule is Cc1noc(COc2ccc(CNC(C)C)cc2Cl)n1. The van der Waals surface area contributed by atoms with Crippen molar-refractivity contribution in [3.05, 3.63) is 40.5 Å². The van der Waals surface area contributed by atoms with E-state index in [4.69, 9.17) is 20.9 Å². The number of hydrogen-bond donors (Lipinski definition) is 1. The highest BCUT2D eigenvalue weighted by Crippen LogP contribution is 2.26. The number of benzene rings is 1. The van der Waals surface area contributed by atoms with E-state index in [2.05, 4.69) is 29.3 Å². The van der Waals surface area contributed by atoms with Crippen LogP contribution >= 0.6 is 11.6 Å². The van der Waals surface area contributed by atoms with Crippen molar-refractivity contribution in [2.75, 3.05) is 0 Å². The van der Waals surface area contributed by atoms with Crippen molar-refractivity contribution in [2.24, 2.45) is 0 Å². The Balaban J connectivity index is 1.95. The van der Waals surface area contributed by atoms with Crippen LogP contribution < -0.4 is 10.1 Å². The highest BCUT2D eigenvalue weighted by molar-refractivity contribution is 6.32. The predicted octanol–water partition coefficient (Wildman–Crippen LogP) is 3.11. The van der Waals surface area contributed by atoms with Crippen LogP contribution in [0, 0.1) is 6.92 Å². The fourth-order valence-electron chi connectivity index (χ4n) is 1.63. The lowest BCUT2D eigenvalue weighted by Crippen LogP contribution is -2.21. The van der Waals surface area contributed by atoms with Gasteiger partial charge in [0.25, 0.3) is 5.89 Å². The highest BCUT2D eigenvalue weighted by Gasteiger charge is 2.07. The van der Waals surface area contributed by atoms with Gasteiger partial charge in [-0.2, -0.15) is 4.98 Å². The minimum atomic E-state index is 0.212. The summed E-state index contributed by atoms with van der Waals surface area (Å²) < 4.78 is 10.5. The molecule has 5 nitrogen and oxygen atoms in total. The zero-order chi connectivity index (χ0) is 14.5. The van der Waals surface area contributed by atoms with E-state index in [1.165, 1.54) is 0 Å². The molecule has 0 unspecified atom stereocenters. The van der Waals surface area contributed by atoms with E-state index in [1.54, 1.807) is 6.92 Å². The number of nitrogens with one attached hydrogen (secondary N) is 1. The van der Waals surface area contributed by atoms with Crippen LogP contribution in [-0.2, 0) is 13.2 Å². The molecule has 0 fully saturated rings. The maximum absolute atomic E-state index is 6.20. The van der Waals surface area contributed by atoms with Gasteiger partial charge in [-0.3, -0.25) is 0 Å². The number of aryl methyl sites for hydroxylation is 1. The number of hydrogen-bond acceptors (Lipinski definition) is 5. The molecule has 0 saturated heterocycles. The molecule has 0 bridgehead atoms. The molecule has 20 heavy (non-hydrogen) atoms. The molecule has 1 heterocycles. The van der Waals surface area contributed by atoms with E-state index in [9.17, 15) is 0 Å². The first-order valence-electron chi connectivity index (χ1n) is 6.48. The summed E-state index contributed by atoms with van der Waals surface area (Å²) in [6.45, 7) is 6.96. The Bertz CT molecular complexity index is 569. The molecule has 0 aliphatic rings. The van der Waals surface area contributed by atoms with E-state index in [1.807, 2.05) is 18.2 Å². The van der Waals surface area contributed by atoms with Crippen LogP contribution in [0.15, 0.2) is 22.7 Å². The lowest BCUT2D eigenvalue weighted by atomic mass is 10.2. The average molecular weight is 296 g/mol. The number of rotatable bonds is 6. The Kier molecular flexibility index (Phi) is 4.98. The van der Waals surface area contributed by atoms with Gasteiger partial charge in [0.1, 0.15) is 5.75 Å². The zero-order valence-electron chi connectivity index (χ0n) is 11.8. The van der Waals surface area contributed by atoms with Crippen LogP contribution in [-0.4, -0.2) is 16.2 Å². The smallest absolute Gasteiger partial charge is 0.264 e. The third kappa shape index (κ3) is 4.21. The Morgan fingerprint density at radius 1 is 1.40 bits per heavy atom. The predicted molar refractivity (Wildman–Crippen MR) is 76.8 cm³/mol. The Morgan fingerprint density at radius 2 is 2.20 bits per heavy atom. The van der Waals surface area contributed by atoms with Gasteiger partial charge in [0.05, 0.1) is 5.02 Å². The first kappa shape index (κ1) is 14.8. The van der Waals surface area contributed by atoms with E-state index < -0.39 is 0 Å². The molecule has 0 amide bonds. The number of ether oxygens (including phenoxy) is 1. The molecule has 2 aromatic rings. The summed E-state index contributed by atoms with van der Waals surface area (Å²) in [5.74, 6) is 1.63. The van der Waals surface area contributed by atoms with E-state index in [0.717, 1.165) is 12.1 Å². The van der Waals surface area contributed by atoms with Gasteiger partial charge in [-0.15, -0.1) is 0 Å². The summed E-state index contributed by atoms with van der Waals surface area (Å²) in [6.07, 6.45) is 0. The summed E-state index contributed by atoms with van der Waals surface area (Å²) >= 11 is 6.20. The maximum Gasteiger partial charge on any atom is 0.264 e.